The van der Waals surface area contributed by atoms with Crippen molar-refractivity contribution in [2.24, 2.45) is 5.92 Å². The zero-order chi connectivity index (χ0) is 17.0. The van der Waals surface area contributed by atoms with E-state index < -0.39 is 5.60 Å². The van der Waals surface area contributed by atoms with Crippen LogP contribution in [-0.4, -0.2) is 24.3 Å². The second kappa shape index (κ2) is 7.43. The van der Waals surface area contributed by atoms with Gasteiger partial charge in [0.2, 0.25) is 0 Å². The first-order chi connectivity index (χ1) is 10.8. The van der Waals surface area contributed by atoms with Crippen LogP contribution in [0.1, 0.15) is 45.6 Å². The maximum Gasteiger partial charge on any atom is 0.407 e. The highest BCUT2D eigenvalue weighted by Gasteiger charge is 2.28. The SMILES string of the molecule is Cc1c(Cl)cccc1NC1CCCC1CNC(=O)OC(C)(C)C. The highest BCUT2D eigenvalue weighted by atomic mass is 35.5. The first kappa shape index (κ1) is 17.9. The summed E-state index contributed by atoms with van der Waals surface area (Å²) in [5.41, 5.74) is 1.68. The summed E-state index contributed by atoms with van der Waals surface area (Å²) in [7, 11) is 0. The van der Waals surface area contributed by atoms with Gasteiger partial charge in [-0.1, -0.05) is 24.1 Å². The molecular formula is C18H27ClN2O2. The van der Waals surface area contributed by atoms with E-state index in [9.17, 15) is 4.79 Å². The molecule has 0 saturated heterocycles. The van der Waals surface area contributed by atoms with Gasteiger partial charge in [0.25, 0.3) is 0 Å². The lowest BCUT2D eigenvalue weighted by atomic mass is 10.0. The smallest absolute Gasteiger partial charge is 0.407 e. The molecule has 1 fully saturated rings. The molecule has 0 bridgehead atoms. The summed E-state index contributed by atoms with van der Waals surface area (Å²) in [6.45, 7) is 8.26. The number of nitrogens with one attached hydrogen (secondary N) is 2. The third-order valence-corrected chi connectivity index (χ3v) is 4.58. The van der Waals surface area contributed by atoms with Gasteiger partial charge in [-0.05, 0) is 64.2 Å². The molecule has 0 aliphatic heterocycles. The Balaban J connectivity index is 1.90. The van der Waals surface area contributed by atoms with E-state index in [2.05, 4.69) is 16.7 Å². The van der Waals surface area contributed by atoms with Gasteiger partial charge in [0.05, 0.1) is 0 Å². The molecule has 1 aromatic carbocycles. The molecule has 2 atom stereocenters. The van der Waals surface area contributed by atoms with Gasteiger partial charge in [0.15, 0.2) is 0 Å². The van der Waals surface area contributed by atoms with Crippen LogP contribution < -0.4 is 10.6 Å². The fourth-order valence-electron chi connectivity index (χ4n) is 2.96. The molecule has 1 saturated carbocycles. The van der Waals surface area contributed by atoms with Crippen LogP contribution in [0.15, 0.2) is 18.2 Å². The van der Waals surface area contributed by atoms with Crippen molar-refractivity contribution in [3.8, 4) is 0 Å². The second-order valence-corrected chi connectivity index (χ2v) is 7.64. The van der Waals surface area contributed by atoms with Crippen LogP contribution >= 0.6 is 11.6 Å². The van der Waals surface area contributed by atoms with Gasteiger partial charge in [0, 0.05) is 23.3 Å². The minimum absolute atomic E-state index is 0.345. The van der Waals surface area contributed by atoms with Crippen molar-refractivity contribution < 1.29 is 9.53 Å². The summed E-state index contributed by atoms with van der Waals surface area (Å²) in [5, 5.41) is 7.27. The summed E-state index contributed by atoms with van der Waals surface area (Å²) in [6, 6.07) is 6.26. The van der Waals surface area contributed by atoms with E-state index in [-0.39, 0.29) is 6.09 Å². The number of alkyl carbamates (subject to hydrolysis) is 1. The summed E-state index contributed by atoms with van der Waals surface area (Å²) in [6.07, 6.45) is 3.03. The number of ether oxygens (including phenoxy) is 1. The van der Waals surface area contributed by atoms with Crippen LogP contribution in [0.25, 0.3) is 0 Å². The number of anilines is 1. The molecule has 23 heavy (non-hydrogen) atoms. The average molecular weight is 339 g/mol. The van der Waals surface area contributed by atoms with Crippen LogP contribution in [0.3, 0.4) is 0 Å². The number of halogens is 1. The highest BCUT2D eigenvalue weighted by molar-refractivity contribution is 6.31. The molecule has 1 amide bonds. The highest BCUT2D eigenvalue weighted by Crippen LogP contribution is 2.31. The fraction of sp³-hybridized carbons (Fsp3) is 0.611. The van der Waals surface area contributed by atoms with Crippen LogP contribution in [0, 0.1) is 12.8 Å². The van der Waals surface area contributed by atoms with Gasteiger partial charge < -0.3 is 15.4 Å². The Morgan fingerprint density at radius 3 is 2.78 bits per heavy atom. The van der Waals surface area contributed by atoms with Gasteiger partial charge in [-0.2, -0.15) is 0 Å². The van der Waals surface area contributed by atoms with E-state index in [1.165, 1.54) is 0 Å². The van der Waals surface area contributed by atoms with Gasteiger partial charge in [-0.3, -0.25) is 0 Å². The van der Waals surface area contributed by atoms with Crippen molar-refractivity contribution in [3.63, 3.8) is 0 Å². The minimum Gasteiger partial charge on any atom is -0.444 e. The number of hydrogen-bond donors (Lipinski definition) is 2. The van der Waals surface area contributed by atoms with Crippen LogP contribution in [0.4, 0.5) is 10.5 Å². The number of carbonyl (C=O) groups is 1. The summed E-state index contributed by atoms with van der Waals surface area (Å²) in [5.74, 6) is 0.404. The number of hydrogen-bond acceptors (Lipinski definition) is 3. The average Bonchev–Trinajstić information content (AvgIpc) is 2.87. The van der Waals surface area contributed by atoms with E-state index in [4.69, 9.17) is 16.3 Å². The van der Waals surface area contributed by atoms with Crippen molar-refractivity contribution >= 4 is 23.4 Å². The Labute approximate surface area is 143 Å². The molecular weight excluding hydrogens is 312 g/mol. The van der Waals surface area contributed by atoms with Crippen molar-refractivity contribution in [3.05, 3.63) is 28.8 Å². The lowest BCUT2D eigenvalue weighted by molar-refractivity contribution is 0.0519. The fourth-order valence-corrected chi connectivity index (χ4v) is 3.14. The number of benzene rings is 1. The zero-order valence-corrected chi connectivity index (χ0v) is 15.2. The molecule has 1 aliphatic rings. The van der Waals surface area contributed by atoms with Crippen LogP contribution in [-0.2, 0) is 4.74 Å². The molecule has 1 aliphatic carbocycles. The Morgan fingerprint density at radius 1 is 1.35 bits per heavy atom. The van der Waals surface area contributed by atoms with Crippen LogP contribution in [0.2, 0.25) is 5.02 Å². The van der Waals surface area contributed by atoms with Gasteiger partial charge in [-0.15, -0.1) is 0 Å². The summed E-state index contributed by atoms with van der Waals surface area (Å²) < 4.78 is 5.30. The number of rotatable bonds is 4. The molecule has 1 aromatic rings. The van der Waals surface area contributed by atoms with Crippen molar-refractivity contribution in [1.29, 1.82) is 0 Å². The quantitative estimate of drug-likeness (QED) is 0.832. The maximum atomic E-state index is 11.8. The van der Waals surface area contributed by atoms with Gasteiger partial charge in [0.1, 0.15) is 5.60 Å². The molecule has 128 valence electrons. The largest absolute Gasteiger partial charge is 0.444 e. The first-order valence-corrected chi connectivity index (χ1v) is 8.62. The molecule has 2 N–H and O–H groups in total. The lowest BCUT2D eigenvalue weighted by Crippen LogP contribution is -2.38. The van der Waals surface area contributed by atoms with E-state index in [1.807, 2.05) is 39.8 Å². The van der Waals surface area contributed by atoms with Crippen molar-refractivity contribution in [1.82, 2.24) is 5.32 Å². The van der Waals surface area contributed by atoms with E-state index >= 15 is 0 Å². The molecule has 5 heteroatoms. The van der Waals surface area contributed by atoms with Crippen LogP contribution in [0.5, 0.6) is 0 Å². The second-order valence-electron chi connectivity index (χ2n) is 7.24. The van der Waals surface area contributed by atoms with E-state index in [0.29, 0.717) is 18.5 Å². The van der Waals surface area contributed by atoms with E-state index in [1.54, 1.807) is 0 Å². The third-order valence-electron chi connectivity index (χ3n) is 4.18. The Hall–Kier alpha value is -1.42. The minimum atomic E-state index is -0.463. The van der Waals surface area contributed by atoms with E-state index in [0.717, 1.165) is 35.5 Å². The van der Waals surface area contributed by atoms with Gasteiger partial charge >= 0.3 is 6.09 Å². The zero-order valence-electron chi connectivity index (χ0n) is 14.4. The predicted molar refractivity (Wildman–Crippen MR) is 95.2 cm³/mol. The number of carbonyl (C=O) groups excluding carboxylic acids is 1. The lowest BCUT2D eigenvalue weighted by Gasteiger charge is -2.25. The molecule has 2 rings (SSSR count). The molecule has 0 aromatic heterocycles. The molecule has 0 radical (unpaired) electrons. The summed E-state index contributed by atoms with van der Waals surface area (Å²) >= 11 is 6.19. The van der Waals surface area contributed by atoms with Crippen molar-refractivity contribution in [2.75, 3.05) is 11.9 Å². The monoisotopic (exact) mass is 338 g/mol. The third kappa shape index (κ3) is 5.31. The standard InChI is InChI=1S/C18H27ClN2O2/c1-12-14(19)8-6-9-15(12)21-16-10-5-7-13(16)11-20-17(22)23-18(2,3)4/h6,8-9,13,16,21H,5,7,10-11H2,1-4H3,(H,20,22). The normalized spacial score (nSPS) is 21.1. The molecule has 2 unspecified atom stereocenters. The predicted octanol–water partition coefficient (Wildman–Crippen LogP) is 4.75. The van der Waals surface area contributed by atoms with Gasteiger partial charge in [-0.25, -0.2) is 4.79 Å². The number of amides is 1. The molecule has 0 spiro atoms. The molecule has 4 nitrogen and oxygen atoms in total. The Bertz CT molecular complexity index is 554. The Kier molecular flexibility index (Phi) is 5.79. The first-order valence-electron chi connectivity index (χ1n) is 8.25. The maximum absolute atomic E-state index is 11.8. The molecule has 0 heterocycles. The summed E-state index contributed by atoms with van der Waals surface area (Å²) in [4.78, 5) is 11.8. The topological polar surface area (TPSA) is 50.4 Å². The van der Waals surface area contributed by atoms with Crippen molar-refractivity contribution in [2.45, 2.75) is 58.6 Å². The Morgan fingerprint density at radius 2 is 2.09 bits per heavy atom.